The molecule has 1 nitrogen and oxygen atoms in total. The highest BCUT2D eigenvalue weighted by Crippen LogP contribution is 2.11. The molecular weight excluding hydrogens is 220 g/mol. The van der Waals surface area contributed by atoms with E-state index in [1.54, 1.807) is 0 Å². The second-order valence-electron chi connectivity index (χ2n) is 5.37. The normalized spacial score (nSPS) is 11.3. The summed E-state index contributed by atoms with van der Waals surface area (Å²) in [7, 11) is 0. The van der Waals surface area contributed by atoms with Crippen LogP contribution < -0.4 is 0 Å². The van der Waals surface area contributed by atoms with Crippen LogP contribution in [0.3, 0.4) is 0 Å². The van der Waals surface area contributed by atoms with Crippen LogP contribution in [0.5, 0.6) is 0 Å². The third kappa shape index (κ3) is 12.4. The minimum atomic E-state index is 0.392. The van der Waals surface area contributed by atoms with Gasteiger partial charge >= 0.3 is 0 Å². The molecule has 0 heterocycles. The summed E-state index contributed by atoms with van der Waals surface area (Å²) >= 11 is 0. The Balaban J connectivity index is 3.03. The van der Waals surface area contributed by atoms with E-state index in [0.29, 0.717) is 6.10 Å². The van der Waals surface area contributed by atoms with Crippen LogP contribution in [0.2, 0.25) is 0 Å². The molecule has 1 heteroatoms. The minimum Gasteiger partial charge on any atom is -0.378 e. The Kier molecular flexibility index (Phi) is 15.0. The lowest BCUT2D eigenvalue weighted by Gasteiger charge is -2.13. The first-order chi connectivity index (χ1) is 8.85. The van der Waals surface area contributed by atoms with Crippen LogP contribution in [0.25, 0.3) is 0 Å². The van der Waals surface area contributed by atoms with Crippen molar-refractivity contribution in [1.29, 1.82) is 0 Å². The van der Waals surface area contributed by atoms with Gasteiger partial charge in [-0.1, -0.05) is 78.6 Å². The average molecular weight is 255 g/mol. The van der Waals surface area contributed by atoms with E-state index in [4.69, 9.17) is 4.74 Å². The third-order valence-electron chi connectivity index (χ3n) is 3.63. The van der Waals surface area contributed by atoms with Gasteiger partial charge in [0.1, 0.15) is 0 Å². The van der Waals surface area contributed by atoms with E-state index in [9.17, 15) is 0 Å². The monoisotopic (exact) mass is 255 g/mol. The molecule has 0 aromatic heterocycles. The summed E-state index contributed by atoms with van der Waals surface area (Å²) in [5.41, 5.74) is 0. The van der Waals surface area contributed by atoms with Crippen molar-refractivity contribution < 1.29 is 4.74 Å². The number of hydrogen-bond donors (Lipinski definition) is 0. The van der Waals surface area contributed by atoms with Crippen molar-refractivity contribution in [2.24, 2.45) is 0 Å². The van der Waals surface area contributed by atoms with Gasteiger partial charge in [-0.3, -0.25) is 0 Å². The molecule has 0 saturated heterocycles. The Bertz CT molecular complexity index is 141. The van der Waals surface area contributed by atoms with Crippen LogP contribution in [0.1, 0.15) is 90.9 Å². The SMILES string of the molecule is [CH2]CC(CC)OCCCCCCCCCCCC. The van der Waals surface area contributed by atoms with E-state index in [1.807, 2.05) is 0 Å². The number of unbranched alkanes of at least 4 members (excludes halogenated alkanes) is 9. The summed E-state index contributed by atoms with van der Waals surface area (Å²) < 4.78 is 5.75. The van der Waals surface area contributed by atoms with Crippen LogP contribution in [0, 0.1) is 6.92 Å². The second kappa shape index (κ2) is 15.0. The summed E-state index contributed by atoms with van der Waals surface area (Å²) in [6, 6.07) is 0. The van der Waals surface area contributed by atoms with Gasteiger partial charge in [0.05, 0.1) is 6.10 Å². The zero-order valence-electron chi connectivity index (χ0n) is 12.9. The predicted octanol–water partition coefficient (Wildman–Crippen LogP) is 5.93. The molecule has 18 heavy (non-hydrogen) atoms. The largest absolute Gasteiger partial charge is 0.378 e. The Morgan fingerprint density at radius 1 is 0.778 bits per heavy atom. The molecular formula is C17H35O. The molecule has 0 aliphatic heterocycles. The Morgan fingerprint density at radius 3 is 1.72 bits per heavy atom. The lowest BCUT2D eigenvalue weighted by molar-refractivity contribution is 0.0497. The minimum absolute atomic E-state index is 0.392. The first-order valence-electron chi connectivity index (χ1n) is 8.26. The summed E-state index contributed by atoms with van der Waals surface area (Å²) in [6.45, 7) is 9.29. The topological polar surface area (TPSA) is 9.23 Å². The van der Waals surface area contributed by atoms with E-state index in [-0.39, 0.29) is 0 Å². The molecule has 0 rings (SSSR count). The van der Waals surface area contributed by atoms with Crippen LogP contribution in [0.4, 0.5) is 0 Å². The fourth-order valence-electron chi connectivity index (χ4n) is 2.24. The lowest BCUT2D eigenvalue weighted by atomic mass is 10.1. The quantitative estimate of drug-likeness (QED) is 0.350. The van der Waals surface area contributed by atoms with Crippen LogP contribution >= 0.6 is 0 Å². The van der Waals surface area contributed by atoms with Gasteiger partial charge in [-0.25, -0.2) is 0 Å². The van der Waals surface area contributed by atoms with Gasteiger partial charge in [0, 0.05) is 6.61 Å². The molecule has 1 unspecified atom stereocenters. The molecule has 1 radical (unpaired) electrons. The van der Waals surface area contributed by atoms with Gasteiger partial charge in [-0.2, -0.15) is 0 Å². The van der Waals surface area contributed by atoms with Crippen molar-refractivity contribution in [2.75, 3.05) is 6.61 Å². The molecule has 0 fully saturated rings. The van der Waals surface area contributed by atoms with Crippen molar-refractivity contribution in [2.45, 2.75) is 97.0 Å². The molecule has 0 bridgehead atoms. The summed E-state index contributed by atoms with van der Waals surface area (Å²) in [5, 5.41) is 0. The first-order valence-corrected chi connectivity index (χ1v) is 8.26. The van der Waals surface area contributed by atoms with Gasteiger partial charge in [0.25, 0.3) is 0 Å². The molecule has 0 aromatic rings. The fourth-order valence-corrected chi connectivity index (χ4v) is 2.24. The summed E-state index contributed by atoms with van der Waals surface area (Å²) in [5.74, 6) is 0. The second-order valence-corrected chi connectivity index (χ2v) is 5.37. The van der Waals surface area contributed by atoms with Gasteiger partial charge in [-0.15, -0.1) is 0 Å². The van der Waals surface area contributed by atoms with Crippen LogP contribution in [-0.2, 0) is 4.74 Å². The Labute approximate surface area is 116 Å². The zero-order valence-corrected chi connectivity index (χ0v) is 12.9. The van der Waals surface area contributed by atoms with Crippen LogP contribution in [0.15, 0.2) is 0 Å². The Hall–Kier alpha value is -0.0400. The molecule has 0 aromatic carbocycles. The van der Waals surface area contributed by atoms with Gasteiger partial charge < -0.3 is 4.74 Å². The number of ether oxygens (including phenoxy) is 1. The molecule has 0 spiro atoms. The standard InChI is InChI=1S/C17H35O/c1-4-7-8-9-10-11-12-13-14-15-16-18-17(5-2)6-3/h17H,2,4-16H2,1,3H3. The predicted molar refractivity (Wildman–Crippen MR) is 81.8 cm³/mol. The maximum Gasteiger partial charge on any atom is 0.0572 e. The van der Waals surface area contributed by atoms with Crippen LogP contribution in [-0.4, -0.2) is 12.7 Å². The molecule has 0 aliphatic rings. The first kappa shape index (κ1) is 18.0. The molecule has 0 amide bonds. The van der Waals surface area contributed by atoms with E-state index >= 15 is 0 Å². The van der Waals surface area contributed by atoms with Gasteiger partial charge in [0.2, 0.25) is 0 Å². The number of rotatable bonds is 14. The van der Waals surface area contributed by atoms with E-state index in [2.05, 4.69) is 20.8 Å². The van der Waals surface area contributed by atoms with Crippen molar-refractivity contribution in [3.8, 4) is 0 Å². The Morgan fingerprint density at radius 2 is 1.28 bits per heavy atom. The maximum atomic E-state index is 5.75. The fraction of sp³-hybridized carbons (Fsp3) is 0.941. The molecule has 109 valence electrons. The van der Waals surface area contributed by atoms with Gasteiger partial charge in [-0.05, 0) is 19.3 Å². The number of hydrogen-bond acceptors (Lipinski definition) is 1. The smallest absolute Gasteiger partial charge is 0.0572 e. The average Bonchev–Trinajstić information content (AvgIpc) is 2.40. The highest BCUT2D eigenvalue weighted by molar-refractivity contribution is 4.56. The molecule has 0 saturated carbocycles. The summed E-state index contributed by atoms with van der Waals surface area (Å²) in [6.07, 6.45) is 16.3. The highest BCUT2D eigenvalue weighted by Gasteiger charge is 2.01. The van der Waals surface area contributed by atoms with Gasteiger partial charge in [0.15, 0.2) is 0 Å². The van der Waals surface area contributed by atoms with E-state index < -0.39 is 0 Å². The van der Waals surface area contributed by atoms with E-state index in [1.165, 1.54) is 64.2 Å². The van der Waals surface area contributed by atoms with E-state index in [0.717, 1.165) is 19.4 Å². The van der Waals surface area contributed by atoms with Crippen molar-refractivity contribution in [1.82, 2.24) is 0 Å². The third-order valence-corrected chi connectivity index (χ3v) is 3.63. The molecule has 0 aliphatic carbocycles. The maximum absolute atomic E-state index is 5.75. The van der Waals surface area contributed by atoms with Crippen molar-refractivity contribution in [3.63, 3.8) is 0 Å². The zero-order chi connectivity index (χ0) is 13.5. The molecule has 1 atom stereocenters. The van der Waals surface area contributed by atoms with Crippen molar-refractivity contribution in [3.05, 3.63) is 6.92 Å². The highest BCUT2D eigenvalue weighted by atomic mass is 16.5. The lowest BCUT2D eigenvalue weighted by Crippen LogP contribution is -2.11. The van der Waals surface area contributed by atoms with Crippen molar-refractivity contribution >= 4 is 0 Å². The summed E-state index contributed by atoms with van der Waals surface area (Å²) in [4.78, 5) is 0. The molecule has 0 N–H and O–H groups in total.